The summed E-state index contributed by atoms with van der Waals surface area (Å²) >= 11 is 0. The number of carbonyl (C=O) groups excluding carboxylic acids is 1. The van der Waals surface area contributed by atoms with Gasteiger partial charge in [-0.15, -0.1) is 0 Å². The smallest absolute Gasteiger partial charge is 0.338 e. The van der Waals surface area contributed by atoms with Crippen molar-refractivity contribution in [2.75, 3.05) is 18.6 Å². The van der Waals surface area contributed by atoms with E-state index in [1.54, 1.807) is 25.3 Å². The van der Waals surface area contributed by atoms with Gasteiger partial charge in [0.2, 0.25) is 0 Å². The van der Waals surface area contributed by atoms with E-state index in [1.165, 1.54) is 7.11 Å². The average molecular weight is 320 g/mol. The number of esters is 1. The van der Waals surface area contributed by atoms with Crippen LogP contribution in [0.5, 0.6) is 0 Å². The average Bonchev–Trinajstić information content (AvgIpc) is 2.52. The summed E-state index contributed by atoms with van der Waals surface area (Å²) in [7, 11) is 1.33. The highest BCUT2D eigenvalue weighted by Gasteiger charge is 2.38. The molecule has 1 saturated heterocycles. The summed E-state index contributed by atoms with van der Waals surface area (Å²) in [5.41, 5.74) is 1.92. The Labute approximate surface area is 133 Å². The Bertz CT molecular complexity index is 748. The molecule has 2 heterocycles. The fourth-order valence-electron chi connectivity index (χ4n) is 3.13. The first-order valence-electron chi connectivity index (χ1n) is 7.53. The van der Waals surface area contributed by atoms with Gasteiger partial charge < -0.3 is 9.64 Å². The van der Waals surface area contributed by atoms with E-state index in [9.17, 15) is 13.6 Å². The van der Waals surface area contributed by atoms with E-state index >= 15 is 0 Å². The molecule has 0 spiro atoms. The van der Waals surface area contributed by atoms with Crippen molar-refractivity contribution in [3.05, 3.63) is 36.0 Å². The number of piperidine rings is 1. The van der Waals surface area contributed by atoms with E-state index in [2.05, 4.69) is 4.98 Å². The Balaban J connectivity index is 2.01. The van der Waals surface area contributed by atoms with E-state index in [1.807, 2.05) is 17.0 Å². The summed E-state index contributed by atoms with van der Waals surface area (Å²) in [4.78, 5) is 18.1. The molecular weight excluding hydrogens is 302 g/mol. The van der Waals surface area contributed by atoms with Crippen LogP contribution >= 0.6 is 0 Å². The van der Waals surface area contributed by atoms with Crippen LogP contribution in [0.15, 0.2) is 30.5 Å². The van der Waals surface area contributed by atoms with Crippen LogP contribution in [-0.4, -0.2) is 36.6 Å². The van der Waals surface area contributed by atoms with Gasteiger partial charge in [0.15, 0.2) is 0 Å². The van der Waals surface area contributed by atoms with Gasteiger partial charge in [0.1, 0.15) is 0 Å². The van der Waals surface area contributed by atoms with Crippen LogP contribution < -0.4 is 4.90 Å². The molecule has 0 saturated carbocycles. The fourth-order valence-corrected chi connectivity index (χ4v) is 3.13. The molecule has 6 heteroatoms. The number of anilines is 1. The molecule has 122 valence electrons. The maximum atomic E-state index is 13.5. The van der Waals surface area contributed by atoms with Gasteiger partial charge in [0.05, 0.1) is 18.2 Å². The first kappa shape index (κ1) is 15.6. The third-order valence-electron chi connectivity index (χ3n) is 4.31. The highest BCUT2D eigenvalue weighted by Crippen LogP contribution is 2.35. The summed E-state index contributed by atoms with van der Waals surface area (Å²) in [6.45, 7) is 2.08. The maximum absolute atomic E-state index is 13.5. The zero-order chi connectivity index (χ0) is 16.6. The number of hydrogen-bond acceptors (Lipinski definition) is 4. The molecule has 1 aromatic carbocycles. The first-order valence-corrected chi connectivity index (χ1v) is 7.53. The van der Waals surface area contributed by atoms with Crippen molar-refractivity contribution in [1.82, 2.24) is 4.98 Å². The molecule has 1 fully saturated rings. The number of carbonyl (C=O) groups is 1. The number of fused-ring (bicyclic) bond motifs is 1. The van der Waals surface area contributed by atoms with Gasteiger partial charge in [-0.05, 0) is 31.2 Å². The molecule has 4 nitrogen and oxygen atoms in total. The minimum atomic E-state index is -2.61. The standard InChI is InChI=1S/C17H18F2N2O2/c1-11-10-17(18,19)6-8-21(11)12-3-4-15-14(9-12)13(5-7-20-15)16(22)23-2/h3-5,7,9,11H,6,8,10H2,1-2H3/t11-/m0/s1. The van der Waals surface area contributed by atoms with Crippen molar-refractivity contribution in [3.8, 4) is 0 Å². The minimum Gasteiger partial charge on any atom is -0.465 e. The SMILES string of the molecule is COC(=O)c1ccnc2ccc(N3CCC(F)(F)C[C@@H]3C)cc12. The molecule has 1 aliphatic heterocycles. The zero-order valence-corrected chi connectivity index (χ0v) is 13.1. The van der Waals surface area contributed by atoms with Gasteiger partial charge in [-0.3, -0.25) is 4.98 Å². The second kappa shape index (κ2) is 5.76. The Kier molecular flexibility index (Phi) is 3.92. The normalized spacial score (nSPS) is 20.5. The minimum absolute atomic E-state index is 0.160. The number of ether oxygens (including phenoxy) is 1. The van der Waals surface area contributed by atoms with Crippen molar-refractivity contribution in [2.24, 2.45) is 0 Å². The van der Waals surface area contributed by atoms with E-state index in [-0.39, 0.29) is 25.4 Å². The van der Waals surface area contributed by atoms with Gasteiger partial charge in [-0.1, -0.05) is 0 Å². The molecule has 1 atom stereocenters. The molecule has 0 unspecified atom stereocenters. The first-order chi connectivity index (χ1) is 10.9. The zero-order valence-electron chi connectivity index (χ0n) is 13.1. The number of rotatable bonds is 2. The molecule has 1 aliphatic rings. The Morgan fingerprint density at radius 1 is 1.39 bits per heavy atom. The van der Waals surface area contributed by atoms with E-state index in [0.29, 0.717) is 16.5 Å². The third kappa shape index (κ3) is 2.98. The summed E-state index contributed by atoms with van der Waals surface area (Å²) in [6.07, 6.45) is 1.23. The molecule has 0 radical (unpaired) electrons. The lowest BCUT2D eigenvalue weighted by Crippen LogP contribution is -2.45. The number of pyridine rings is 1. The molecule has 0 bridgehead atoms. The largest absolute Gasteiger partial charge is 0.465 e. The van der Waals surface area contributed by atoms with Crippen LogP contribution in [0.3, 0.4) is 0 Å². The van der Waals surface area contributed by atoms with Crippen LogP contribution in [0.4, 0.5) is 14.5 Å². The van der Waals surface area contributed by atoms with E-state index < -0.39 is 11.9 Å². The lowest BCUT2D eigenvalue weighted by atomic mass is 9.98. The van der Waals surface area contributed by atoms with Crippen LogP contribution in [-0.2, 0) is 4.74 Å². The summed E-state index contributed by atoms with van der Waals surface area (Å²) in [5.74, 6) is -3.04. The van der Waals surface area contributed by atoms with Crippen LogP contribution in [0, 0.1) is 0 Å². The maximum Gasteiger partial charge on any atom is 0.338 e. The quantitative estimate of drug-likeness (QED) is 0.792. The fraction of sp³-hybridized carbons (Fsp3) is 0.412. The van der Waals surface area contributed by atoms with Gasteiger partial charge >= 0.3 is 5.97 Å². The summed E-state index contributed by atoms with van der Waals surface area (Å²) < 4.78 is 31.8. The van der Waals surface area contributed by atoms with Gasteiger partial charge in [-0.2, -0.15) is 0 Å². The molecule has 0 N–H and O–H groups in total. The topological polar surface area (TPSA) is 42.4 Å². The number of benzene rings is 1. The number of alkyl halides is 2. The summed E-state index contributed by atoms with van der Waals surface area (Å²) in [5, 5.41) is 0.668. The highest BCUT2D eigenvalue weighted by molar-refractivity contribution is 6.04. The molecule has 2 aromatic rings. The van der Waals surface area contributed by atoms with Crippen molar-refractivity contribution in [3.63, 3.8) is 0 Å². The van der Waals surface area contributed by atoms with Crippen LogP contribution in [0.1, 0.15) is 30.1 Å². The lowest BCUT2D eigenvalue weighted by Gasteiger charge is -2.39. The Morgan fingerprint density at radius 2 is 2.17 bits per heavy atom. The molecular formula is C17H18F2N2O2. The monoisotopic (exact) mass is 320 g/mol. The number of methoxy groups -OCH3 is 1. The Hall–Kier alpha value is -2.24. The number of halogens is 2. The van der Waals surface area contributed by atoms with Gasteiger partial charge in [-0.25, -0.2) is 13.6 Å². The second-order valence-corrected chi connectivity index (χ2v) is 5.90. The van der Waals surface area contributed by atoms with Crippen LogP contribution in [0.2, 0.25) is 0 Å². The van der Waals surface area contributed by atoms with Crippen molar-refractivity contribution in [1.29, 1.82) is 0 Å². The van der Waals surface area contributed by atoms with Crippen molar-refractivity contribution in [2.45, 2.75) is 31.7 Å². The molecule has 0 aliphatic carbocycles. The van der Waals surface area contributed by atoms with Gasteiger partial charge in [0.25, 0.3) is 5.92 Å². The highest BCUT2D eigenvalue weighted by atomic mass is 19.3. The molecule has 0 amide bonds. The van der Waals surface area contributed by atoms with Crippen molar-refractivity contribution >= 4 is 22.6 Å². The summed E-state index contributed by atoms with van der Waals surface area (Å²) in [6, 6.07) is 6.82. The van der Waals surface area contributed by atoms with Crippen molar-refractivity contribution < 1.29 is 18.3 Å². The Morgan fingerprint density at radius 3 is 2.87 bits per heavy atom. The number of hydrogen-bond donors (Lipinski definition) is 0. The van der Waals surface area contributed by atoms with E-state index in [0.717, 1.165) is 5.69 Å². The predicted octanol–water partition coefficient (Wildman–Crippen LogP) is 3.65. The van der Waals surface area contributed by atoms with Crippen LogP contribution in [0.25, 0.3) is 10.9 Å². The molecule has 3 rings (SSSR count). The number of nitrogens with zero attached hydrogens (tertiary/aromatic N) is 2. The van der Waals surface area contributed by atoms with E-state index in [4.69, 9.17) is 4.74 Å². The second-order valence-electron chi connectivity index (χ2n) is 5.90. The number of aromatic nitrogens is 1. The lowest BCUT2D eigenvalue weighted by molar-refractivity contribution is -0.0318. The predicted molar refractivity (Wildman–Crippen MR) is 84.1 cm³/mol. The third-order valence-corrected chi connectivity index (χ3v) is 4.31. The van der Waals surface area contributed by atoms with Gasteiger partial charge in [0, 0.05) is 42.7 Å². The molecule has 23 heavy (non-hydrogen) atoms. The molecule has 1 aromatic heterocycles.